The molecule has 1 aliphatic heterocycles. The van der Waals surface area contributed by atoms with E-state index < -0.39 is 41.7 Å². The number of amides is 1. The number of carbonyl (C=O) groups excluding carboxylic acids is 2. The molecule has 1 fully saturated rings. The van der Waals surface area contributed by atoms with Crippen LogP contribution < -0.4 is 0 Å². The van der Waals surface area contributed by atoms with Crippen molar-refractivity contribution >= 4 is 12.2 Å². The Hall–Kier alpha value is -3.06. The Morgan fingerprint density at radius 3 is 2.00 bits per heavy atom. The summed E-state index contributed by atoms with van der Waals surface area (Å²) in [5.41, 5.74) is 1.69. The van der Waals surface area contributed by atoms with Crippen LogP contribution in [0.2, 0.25) is 0 Å². The van der Waals surface area contributed by atoms with Gasteiger partial charge in [0.1, 0.15) is 17.3 Å². The summed E-state index contributed by atoms with van der Waals surface area (Å²) in [7, 11) is 0. The second kappa shape index (κ2) is 10.1. The lowest BCUT2D eigenvalue weighted by atomic mass is 9.98. The summed E-state index contributed by atoms with van der Waals surface area (Å²) in [6, 6.07) is 17.4. The summed E-state index contributed by atoms with van der Waals surface area (Å²) >= 11 is 0. The van der Waals surface area contributed by atoms with Crippen LogP contribution in [0.3, 0.4) is 0 Å². The number of aliphatic hydroxyl groups excluding tert-OH is 1. The molecule has 0 radical (unpaired) electrons. The van der Waals surface area contributed by atoms with Crippen LogP contribution in [0.4, 0.5) is 9.59 Å². The highest BCUT2D eigenvalue weighted by molar-refractivity contribution is 5.70. The van der Waals surface area contributed by atoms with Crippen LogP contribution in [-0.4, -0.2) is 58.3 Å². The maximum atomic E-state index is 12.9. The molecule has 0 bridgehead atoms. The van der Waals surface area contributed by atoms with Gasteiger partial charge in [0.05, 0.1) is 12.6 Å². The Balaban J connectivity index is 1.78. The number of hydrogen-bond donors (Lipinski definition) is 1. The normalized spacial score (nSPS) is 20.7. The third kappa shape index (κ3) is 6.97. The maximum absolute atomic E-state index is 12.9. The van der Waals surface area contributed by atoms with E-state index in [2.05, 4.69) is 0 Å². The third-order valence-electron chi connectivity index (χ3n) is 5.32. The fourth-order valence-corrected chi connectivity index (χ4v) is 3.84. The zero-order valence-electron chi connectivity index (χ0n) is 20.8. The second-order valence-electron chi connectivity index (χ2n) is 10.6. The summed E-state index contributed by atoms with van der Waals surface area (Å²) < 4.78 is 16.2. The van der Waals surface area contributed by atoms with Crippen molar-refractivity contribution in [2.24, 2.45) is 0 Å². The third-order valence-corrected chi connectivity index (χ3v) is 5.32. The number of likely N-dealkylation sites (tertiary alicyclic amines) is 1. The molecule has 34 heavy (non-hydrogen) atoms. The molecule has 0 aliphatic carbocycles. The first-order valence-corrected chi connectivity index (χ1v) is 11.5. The van der Waals surface area contributed by atoms with E-state index in [-0.39, 0.29) is 6.54 Å². The van der Waals surface area contributed by atoms with Crippen molar-refractivity contribution in [3.05, 3.63) is 60.2 Å². The van der Waals surface area contributed by atoms with Crippen molar-refractivity contribution in [2.45, 2.75) is 77.4 Å². The standard InChI is InChI=1S/C27H35NO6/c1-26(2,3)33-24(30)28-17-22(32-25(31)34-27(4,5)6)23(29)21(28)16-18-12-14-20(15-13-18)19-10-8-7-9-11-19/h7-15,21-23,29H,16-17H2,1-6H3/t21-,22+,23+/m1/s1. The lowest BCUT2D eigenvalue weighted by molar-refractivity contribution is -0.0486. The summed E-state index contributed by atoms with van der Waals surface area (Å²) in [6.45, 7) is 10.6. The molecular weight excluding hydrogens is 434 g/mol. The Morgan fingerprint density at radius 1 is 0.882 bits per heavy atom. The minimum atomic E-state index is -1.09. The van der Waals surface area contributed by atoms with Crippen LogP contribution >= 0.6 is 0 Å². The van der Waals surface area contributed by atoms with Gasteiger partial charge in [0.15, 0.2) is 6.10 Å². The van der Waals surface area contributed by atoms with Gasteiger partial charge in [-0.2, -0.15) is 0 Å². The number of aliphatic hydroxyl groups is 1. The van der Waals surface area contributed by atoms with Crippen LogP contribution in [0.1, 0.15) is 47.1 Å². The van der Waals surface area contributed by atoms with Crippen LogP contribution in [-0.2, 0) is 20.6 Å². The van der Waals surface area contributed by atoms with Gasteiger partial charge in [-0.1, -0.05) is 54.6 Å². The molecule has 0 saturated carbocycles. The predicted octanol–water partition coefficient (Wildman–Crippen LogP) is 5.20. The average Bonchev–Trinajstić information content (AvgIpc) is 3.02. The van der Waals surface area contributed by atoms with Gasteiger partial charge in [0, 0.05) is 0 Å². The minimum absolute atomic E-state index is 0.0160. The van der Waals surface area contributed by atoms with E-state index in [4.69, 9.17) is 14.2 Å². The fourth-order valence-electron chi connectivity index (χ4n) is 3.84. The van der Waals surface area contributed by atoms with E-state index in [1.165, 1.54) is 4.90 Å². The van der Waals surface area contributed by atoms with Crippen molar-refractivity contribution in [2.75, 3.05) is 6.54 Å². The Bertz CT molecular complexity index is 975. The zero-order chi connectivity index (χ0) is 25.1. The largest absolute Gasteiger partial charge is 0.509 e. The second-order valence-corrected chi connectivity index (χ2v) is 10.6. The summed E-state index contributed by atoms with van der Waals surface area (Å²) in [6.07, 6.45) is -3.07. The van der Waals surface area contributed by atoms with Gasteiger partial charge in [-0.25, -0.2) is 9.59 Å². The number of benzene rings is 2. The molecule has 1 N–H and O–H groups in total. The Morgan fingerprint density at radius 2 is 1.44 bits per heavy atom. The van der Waals surface area contributed by atoms with E-state index in [0.717, 1.165) is 16.7 Å². The lowest BCUT2D eigenvalue weighted by Gasteiger charge is -2.29. The van der Waals surface area contributed by atoms with Gasteiger partial charge in [0.25, 0.3) is 0 Å². The molecule has 1 aliphatic rings. The van der Waals surface area contributed by atoms with Crippen molar-refractivity contribution in [1.29, 1.82) is 0 Å². The van der Waals surface area contributed by atoms with Crippen LogP contribution in [0, 0.1) is 0 Å². The topological polar surface area (TPSA) is 85.3 Å². The highest BCUT2D eigenvalue weighted by Crippen LogP contribution is 2.28. The van der Waals surface area contributed by atoms with Crippen molar-refractivity contribution in [3.8, 4) is 11.1 Å². The quantitative estimate of drug-likeness (QED) is 0.620. The monoisotopic (exact) mass is 469 g/mol. The first-order valence-electron chi connectivity index (χ1n) is 11.5. The average molecular weight is 470 g/mol. The van der Waals surface area contributed by atoms with E-state index in [9.17, 15) is 14.7 Å². The molecule has 0 unspecified atom stereocenters. The van der Waals surface area contributed by atoms with E-state index in [0.29, 0.717) is 6.42 Å². The van der Waals surface area contributed by atoms with Gasteiger partial charge in [0.2, 0.25) is 0 Å². The Kier molecular flexibility index (Phi) is 7.56. The molecule has 1 saturated heterocycles. The van der Waals surface area contributed by atoms with Crippen molar-refractivity contribution in [3.63, 3.8) is 0 Å². The van der Waals surface area contributed by atoms with Gasteiger partial charge >= 0.3 is 12.2 Å². The van der Waals surface area contributed by atoms with Gasteiger partial charge < -0.3 is 19.3 Å². The summed E-state index contributed by atoms with van der Waals surface area (Å²) in [5, 5.41) is 11.0. The summed E-state index contributed by atoms with van der Waals surface area (Å²) in [5.74, 6) is 0. The Labute approximate surface area is 201 Å². The van der Waals surface area contributed by atoms with Crippen molar-refractivity contribution in [1.82, 2.24) is 4.90 Å². The van der Waals surface area contributed by atoms with E-state index >= 15 is 0 Å². The first kappa shape index (κ1) is 25.6. The van der Waals surface area contributed by atoms with Gasteiger partial charge in [-0.15, -0.1) is 0 Å². The first-order chi connectivity index (χ1) is 15.8. The molecular formula is C27H35NO6. The predicted molar refractivity (Wildman–Crippen MR) is 129 cm³/mol. The fraction of sp³-hybridized carbons (Fsp3) is 0.481. The molecule has 2 aromatic carbocycles. The molecule has 0 aromatic heterocycles. The molecule has 1 amide bonds. The SMILES string of the molecule is CC(C)(C)OC(=O)O[C@H]1CN(C(=O)OC(C)(C)C)[C@H](Cc2ccc(-c3ccccc3)cc2)[C@@H]1O. The van der Waals surface area contributed by atoms with E-state index in [1.54, 1.807) is 41.5 Å². The minimum Gasteiger partial charge on any atom is -0.444 e. The molecule has 7 nitrogen and oxygen atoms in total. The summed E-state index contributed by atoms with van der Waals surface area (Å²) in [4.78, 5) is 26.6. The number of hydrogen-bond acceptors (Lipinski definition) is 6. The van der Waals surface area contributed by atoms with Crippen molar-refractivity contribution < 1.29 is 28.9 Å². The molecule has 2 aromatic rings. The maximum Gasteiger partial charge on any atom is 0.509 e. The smallest absolute Gasteiger partial charge is 0.444 e. The molecule has 3 rings (SSSR count). The molecule has 7 heteroatoms. The lowest BCUT2D eigenvalue weighted by Crippen LogP contribution is -2.43. The molecule has 0 spiro atoms. The molecule has 184 valence electrons. The zero-order valence-corrected chi connectivity index (χ0v) is 20.8. The van der Waals surface area contributed by atoms with Crippen LogP contribution in [0.5, 0.6) is 0 Å². The number of carbonyl (C=O) groups is 2. The van der Waals surface area contributed by atoms with E-state index in [1.807, 2.05) is 54.6 Å². The number of ether oxygens (including phenoxy) is 3. The van der Waals surface area contributed by atoms with Crippen LogP contribution in [0.25, 0.3) is 11.1 Å². The highest BCUT2D eigenvalue weighted by Gasteiger charge is 2.47. The number of rotatable bonds is 4. The van der Waals surface area contributed by atoms with Gasteiger partial charge in [-0.05, 0) is 64.7 Å². The molecule has 3 atom stereocenters. The molecule has 1 heterocycles. The highest BCUT2D eigenvalue weighted by atomic mass is 16.7. The van der Waals surface area contributed by atoms with Gasteiger partial charge in [-0.3, -0.25) is 4.90 Å². The van der Waals surface area contributed by atoms with Crippen LogP contribution in [0.15, 0.2) is 54.6 Å². The number of nitrogens with zero attached hydrogens (tertiary/aromatic N) is 1.